The molecule has 2 heterocycles. The Labute approximate surface area is 117 Å². The van der Waals surface area contributed by atoms with Crippen molar-refractivity contribution in [3.8, 4) is 0 Å². The number of rotatable bonds is 4. The number of amides is 2. The van der Waals surface area contributed by atoms with Gasteiger partial charge in [-0.3, -0.25) is 9.59 Å². The molecule has 1 atom stereocenters. The van der Waals surface area contributed by atoms with Crippen molar-refractivity contribution in [1.82, 2.24) is 19.9 Å². The Morgan fingerprint density at radius 2 is 2.30 bits per heavy atom. The van der Waals surface area contributed by atoms with Gasteiger partial charge in [0.1, 0.15) is 6.04 Å². The van der Waals surface area contributed by atoms with Gasteiger partial charge in [0, 0.05) is 12.6 Å². The molecule has 1 unspecified atom stereocenters. The Bertz CT molecular complexity index is 523. The number of aromatic nitrogens is 3. The van der Waals surface area contributed by atoms with Gasteiger partial charge in [-0.15, -0.1) is 5.10 Å². The maximum Gasteiger partial charge on any atom is 0.248 e. The van der Waals surface area contributed by atoms with Gasteiger partial charge in [-0.25, -0.2) is 4.68 Å². The van der Waals surface area contributed by atoms with Crippen molar-refractivity contribution in [2.75, 3.05) is 11.9 Å². The Hall–Kier alpha value is -2.18. The van der Waals surface area contributed by atoms with Crippen LogP contribution in [0.2, 0.25) is 0 Å². The first-order valence-electron chi connectivity index (χ1n) is 6.68. The fourth-order valence-electron chi connectivity index (χ4n) is 2.22. The molecule has 1 aliphatic heterocycles. The molecule has 0 aromatic carbocycles. The van der Waals surface area contributed by atoms with Crippen LogP contribution >= 0.6 is 0 Å². The van der Waals surface area contributed by atoms with Crippen molar-refractivity contribution in [3.63, 3.8) is 0 Å². The fourth-order valence-corrected chi connectivity index (χ4v) is 2.22. The van der Waals surface area contributed by atoms with E-state index in [1.165, 1.54) is 11.0 Å². The van der Waals surface area contributed by atoms with Crippen LogP contribution in [0.5, 0.6) is 0 Å². The van der Waals surface area contributed by atoms with Crippen LogP contribution in [0.15, 0.2) is 18.9 Å². The molecule has 0 radical (unpaired) electrons. The Morgan fingerprint density at radius 1 is 1.55 bits per heavy atom. The van der Waals surface area contributed by atoms with E-state index >= 15 is 0 Å². The first-order chi connectivity index (χ1) is 9.52. The summed E-state index contributed by atoms with van der Waals surface area (Å²) in [6.07, 6.45) is 4.39. The second-order valence-corrected chi connectivity index (χ2v) is 5.06. The third-order valence-corrected chi connectivity index (χ3v) is 3.30. The van der Waals surface area contributed by atoms with Crippen LogP contribution in [0.25, 0.3) is 0 Å². The highest BCUT2D eigenvalue weighted by atomic mass is 16.2. The number of likely N-dealkylation sites (tertiary alicyclic amines) is 1. The number of hydrogen-bond donors (Lipinski definition) is 1. The van der Waals surface area contributed by atoms with Crippen LogP contribution in [0.1, 0.15) is 32.7 Å². The maximum absolute atomic E-state index is 12.2. The van der Waals surface area contributed by atoms with Gasteiger partial charge in [-0.05, 0) is 32.8 Å². The van der Waals surface area contributed by atoms with E-state index in [2.05, 4.69) is 22.2 Å². The Balaban J connectivity index is 2.03. The molecular formula is C13H19N5O2. The highest BCUT2D eigenvalue weighted by molar-refractivity contribution is 5.98. The summed E-state index contributed by atoms with van der Waals surface area (Å²) in [5, 5.41) is 10.5. The lowest BCUT2D eigenvalue weighted by molar-refractivity contribution is -0.132. The molecule has 1 N–H and O–H groups in total. The van der Waals surface area contributed by atoms with Crippen LogP contribution in [0.3, 0.4) is 0 Å². The average Bonchev–Trinajstić information content (AvgIpc) is 3.06. The second-order valence-electron chi connectivity index (χ2n) is 5.06. The van der Waals surface area contributed by atoms with Gasteiger partial charge in [0.2, 0.25) is 11.8 Å². The van der Waals surface area contributed by atoms with E-state index in [9.17, 15) is 9.59 Å². The molecule has 1 fully saturated rings. The Kier molecular flexibility index (Phi) is 4.16. The van der Waals surface area contributed by atoms with Crippen molar-refractivity contribution >= 4 is 17.6 Å². The summed E-state index contributed by atoms with van der Waals surface area (Å²) in [6.45, 7) is 7.99. The SMILES string of the molecule is C=CC(=O)N1CCCC1C(=O)Nc1cn(C(C)C)nn1. The van der Waals surface area contributed by atoms with E-state index in [0.29, 0.717) is 18.8 Å². The van der Waals surface area contributed by atoms with Gasteiger partial charge in [0.25, 0.3) is 0 Å². The van der Waals surface area contributed by atoms with Gasteiger partial charge < -0.3 is 10.2 Å². The molecule has 7 heteroatoms. The summed E-state index contributed by atoms with van der Waals surface area (Å²) in [7, 11) is 0. The number of carbonyl (C=O) groups is 2. The standard InChI is InChI=1S/C13H19N5O2/c1-4-12(19)17-7-5-6-10(17)13(20)14-11-8-18(9(2)3)16-15-11/h4,8-10H,1,5-7H2,2-3H3,(H,14,20). The van der Waals surface area contributed by atoms with Crippen molar-refractivity contribution in [2.24, 2.45) is 0 Å². The van der Waals surface area contributed by atoms with Crippen LogP contribution in [0, 0.1) is 0 Å². The first-order valence-corrected chi connectivity index (χ1v) is 6.68. The van der Waals surface area contributed by atoms with Gasteiger partial charge in [0.15, 0.2) is 5.82 Å². The second kappa shape index (κ2) is 5.85. The van der Waals surface area contributed by atoms with E-state index in [-0.39, 0.29) is 17.9 Å². The number of carbonyl (C=O) groups excluding carboxylic acids is 2. The molecule has 1 aliphatic rings. The highest BCUT2D eigenvalue weighted by Gasteiger charge is 2.33. The minimum Gasteiger partial charge on any atom is -0.327 e. The Morgan fingerprint density at radius 3 is 2.90 bits per heavy atom. The summed E-state index contributed by atoms with van der Waals surface area (Å²) in [5.41, 5.74) is 0. The normalized spacial score (nSPS) is 18.4. The van der Waals surface area contributed by atoms with Crippen molar-refractivity contribution < 1.29 is 9.59 Å². The van der Waals surface area contributed by atoms with Crippen molar-refractivity contribution in [3.05, 3.63) is 18.9 Å². The van der Waals surface area contributed by atoms with Crippen LogP contribution in [-0.2, 0) is 9.59 Å². The summed E-state index contributed by atoms with van der Waals surface area (Å²) < 4.78 is 1.66. The molecule has 1 aromatic heterocycles. The van der Waals surface area contributed by atoms with Crippen molar-refractivity contribution in [2.45, 2.75) is 38.8 Å². The fraction of sp³-hybridized carbons (Fsp3) is 0.538. The predicted molar refractivity (Wildman–Crippen MR) is 74.0 cm³/mol. The molecule has 0 saturated carbocycles. The lowest BCUT2D eigenvalue weighted by atomic mass is 10.2. The predicted octanol–water partition coefficient (Wildman–Crippen LogP) is 0.974. The topological polar surface area (TPSA) is 80.1 Å². The molecule has 0 bridgehead atoms. The third kappa shape index (κ3) is 2.87. The summed E-state index contributed by atoms with van der Waals surface area (Å²) in [6, 6.07) is -0.275. The smallest absolute Gasteiger partial charge is 0.248 e. The molecule has 20 heavy (non-hydrogen) atoms. The van der Waals surface area contributed by atoms with Crippen LogP contribution in [0.4, 0.5) is 5.82 Å². The summed E-state index contributed by atoms with van der Waals surface area (Å²) >= 11 is 0. The molecule has 2 rings (SSSR count). The molecule has 0 aliphatic carbocycles. The third-order valence-electron chi connectivity index (χ3n) is 3.30. The summed E-state index contributed by atoms with van der Waals surface area (Å²) in [5.74, 6) is -0.0383. The van der Waals surface area contributed by atoms with Gasteiger partial charge in [0.05, 0.1) is 6.20 Å². The van der Waals surface area contributed by atoms with E-state index < -0.39 is 6.04 Å². The quantitative estimate of drug-likeness (QED) is 0.832. The highest BCUT2D eigenvalue weighted by Crippen LogP contribution is 2.19. The zero-order chi connectivity index (χ0) is 14.7. The molecule has 1 saturated heterocycles. The zero-order valence-electron chi connectivity index (χ0n) is 11.7. The molecule has 1 aromatic rings. The van der Waals surface area contributed by atoms with Crippen LogP contribution < -0.4 is 5.32 Å². The van der Waals surface area contributed by atoms with E-state index in [0.717, 1.165) is 6.42 Å². The molecular weight excluding hydrogens is 258 g/mol. The molecule has 7 nitrogen and oxygen atoms in total. The monoisotopic (exact) mass is 277 g/mol. The number of nitrogens with zero attached hydrogens (tertiary/aromatic N) is 4. The molecule has 0 spiro atoms. The van der Waals surface area contributed by atoms with E-state index in [1.54, 1.807) is 10.9 Å². The lowest BCUT2D eigenvalue weighted by Crippen LogP contribution is -2.42. The maximum atomic E-state index is 12.2. The number of hydrogen-bond acceptors (Lipinski definition) is 4. The minimum absolute atomic E-state index is 0.179. The lowest BCUT2D eigenvalue weighted by Gasteiger charge is -2.21. The van der Waals surface area contributed by atoms with Gasteiger partial charge in [-0.1, -0.05) is 11.8 Å². The number of nitrogens with one attached hydrogen (secondary N) is 1. The zero-order valence-corrected chi connectivity index (χ0v) is 11.7. The van der Waals surface area contributed by atoms with E-state index in [4.69, 9.17) is 0 Å². The van der Waals surface area contributed by atoms with Gasteiger partial charge >= 0.3 is 0 Å². The molecule has 2 amide bonds. The largest absolute Gasteiger partial charge is 0.327 e. The van der Waals surface area contributed by atoms with Crippen LogP contribution in [-0.4, -0.2) is 44.3 Å². The number of anilines is 1. The summed E-state index contributed by atoms with van der Waals surface area (Å²) in [4.78, 5) is 25.4. The van der Waals surface area contributed by atoms with E-state index in [1.807, 2.05) is 13.8 Å². The average molecular weight is 277 g/mol. The first kappa shape index (κ1) is 14.2. The molecule has 108 valence electrons. The van der Waals surface area contributed by atoms with Gasteiger partial charge in [-0.2, -0.15) is 0 Å². The minimum atomic E-state index is -0.454. The van der Waals surface area contributed by atoms with Crippen molar-refractivity contribution in [1.29, 1.82) is 0 Å².